The van der Waals surface area contributed by atoms with Crippen LogP contribution in [0.2, 0.25) is 0 Å². The Morgan fingerprint density at radius 1 is 1.47 bits per heavy atom. The van der Waals surface area contributed by atoms with Gasteiger partial charge in [-0.2, -0.15) is 0 Å². The van der Waals surface area contributed by atoms with Crippen molar-refractivity contribution in [1.29, 1.82) is 0 Å². The molecule has 0 aliphatic heterocycles. The van der Waals surface area contributed by atoms with Crippen molar-refractivity contribution in [2.45, 2.75) is 19.3 Å². The van der Waals surface area contributed by atoms with E-state index < -0.39 is 16.0 Å². The number of carbonyl (C=O) groups is 1. The summed E-state index contributed by atoms with van der Waals surface area (Å²) in [5.41, 5.74) is 0.889. The van der Waals surface area contributed by atoms with Crippen molar-refractivity contribution in [3.63, 3.8) is 0 Å². The second kappa shape index (κ2) is 5.48. The molecule has 1 aromatic heterocycles. The Morgan fingerprint density at radius 3 is 2.84 bits per heavy atom. The molecule has 0 saturated carbocycles. The summed E-state index contributed by atoms with van der Waals surface area (Å²) in [7, 11) is -2.15. The third kappa shape index (κ3) is 3.07. The minimum Gasteiger partial charge on any atom is -0.478 e. The molecule has 0 spiro atoms. The van der Waals surface area contributed by atoms with Crippen molar-refractivity contribution in [1.82, 2.24) is 0 Å². The van der Waals surface area contributed by atoms with E-state index in [2.05, 4.69) is 4.72 Å². The number of nitrogens with one attached hydrogen (secondary N) is 1. The number of rotatable bonds is 6. The van der Waals surface area contributed by atoms with Gasteiger partial charge in [0.2, 0.25) is 10.0 Å². The molecule has 2 N–H and O–H groups in total. The lowest BCUT2D eigenvalue weighted by molar-refractivity contribution is 0.0697. The number of hydrogen-bond donors (Lipinski definition) is 2. The fourth-order valence-corrected chi connectivity index (χ4v) is 4.64. The van der Waals surface area contributed by atoms with Crippen LogP contribution in [-0.4, -0.2) is 39.0 Å². The zero-order valence-corrected chi connectivity index (χ0v) is 12.1. The van der Waals surface area contributed by atoms with E-state index in [1.165, 1.54) is 18.4 Å². The number of aromatic carboxylic acids is 1. The number of fused-ring (bicyclic) bond motifs is 1. The number of ether oxygens (including phenoxy) is 1. The number of sulfonamides is 1. The van der Waals surface area contributed by atoms with Gasteiger partial charge in [-0.05, 0) is 24.8 Å². The molecule has 0 radical (unpaired) electrons. The summed E-state index contributed by atoms with van der Waals surface area (Å²) in [6.07, 6.45) is 2.45. The maximum Gasteiger partial charge on any atom is 0.339 e. The number of methoxy groups -OCH3 is 1. The van der Waals surface area contributed by atoms with Gasteiger partial charge in [0, 0.05) is 12.0 Å². The zero-order valence-electron chi connectivity index (χ0n) is 10.4. The largest absolute Gasteiger partial charge is 0.478 e. The van der Waals surface area contributed by atoms with Crippen LogP contribution in [0.4, 0.5) is 5.00 Å². The van der Waals surface area contributed by atoms with Crippen LogP contribution in [-0.2, 0) is 27.6 Å². The van der Waals surface area contributed by atoms with Crippen LogP contribution >= 0.6 is 11.3 Å². The SMILES string of the molecule is COCCS(=O)(=O)Nc1sc2c(c1C(=O)O)CCC2. The molecule has 1 aliphatic carbocycles. The normalized spacial score (nSPS) is 14.4. The molecule has 8 heteroatoms. The van der Waals surface area contributed by atoms with Crippen molar-refractivity contribution in [3.8, 4) is 0 Å². The number of thiophene rings is 1. The summed E-state index contributed by atoms with van der Waals surface area (Å²) < 4.78 is 30.7. The molecule has 0 aromatic carbocycles. The second-order valence-corrected chi connectivity index (χ2v) is 7.23. The lowest BCUT2D eigenvalue weighted by atomic mass is 10.1. The molecule has 1 aromatic rings. The minimum absolute atomic E-state index is 0.0722. The van der Waals surface area contributed by atoms with Gasteiger partial charge in [0.15, 0.2) is 0 Å². The summed E-state index contributed by atoms with van der Waals surface area (Å²) in [5, 5.41) is 9.45. The van der Waals surface area contributed by atoms with Gasteiger partial charge in [-0.15, -0.1) is 11.3 Å². The van der Waals surface area contributed by atoms with Crippen LogP contribution in [0.5, 0.6) is 0 Å². The highest BCUT2D eigenvalue weighted by atomic mass is 32.2. The van der Waals surface area contributed by atoms with Crippen LogP contribution in [0.1, 0.15) is 27.2 Å². The Morgan fingerprint density at radius 2 is 2.21 bits per heavy atom. The molecular formula is C11H15NO5S2. The Balaban J connectivity index is 2.29. The van der Waals surface area contributed by atoms with E-state index >= 15 is 0 Å². The van der Waals surface area contributed by atoms with Gasteiger partial charge in [-0.3, -0.25) is 4.72 Å². The van der Waals surface area contributed by atoms with Crippen LogP contribution in [0.3, 0.4) is 0 Å². The number of hydrogen-bond acceptors (Lipinski definition) is 5. The van der Waals surface area contributed by atoms with Gasteiger partial charge >= 0.3 is 5.97 Å². The third-order valence-corrected chi connectivity index (χ3v) is 5.50. The lowest BCUT2D eigenvalue weighted by Gasteiger charge is -2.07. The van der Waals surface area contributed by atoms with Gasteiger partial charge in [-0.25, -0.2) is 13.2 Å². The smallest absolute Gasteiger partial charge is 0.339 e. The highest BCUT2D eigenvalue weighted by Gasteiger charge is 2.28. The first-order chi connectivity index (χ1) is 8.94. The average Bonchev–Trinajstić information content (AvgIpc) is 2.85. The summed E-state index contributed by atoms with van der Waals surface area (Å²) in [5.74, 6) is -1.27. The molecule has 2 rings (SSSR count). The van der Waals surface area contributed by atoms with Gasteiger partial charge in [0.05, 0.1) is 17.9 Å². The standard InChI is InChI=1S/C11H15NO5S2/c1-17-5-6-19(15,16)12-10-9(11(13)14)7-3-2-4-8(7)18-10/h12H,2-6H2,1H3,(H,13,14). The molecule has 0 fully saturated rings. The summed E-state index contributed by atoms with van der Waals surface area (Å²) in [6, 6.07) is 0. The molecule has 0 unspecified atom stereocenters. The highest BCUT2D eigenvalue weighted by Crippen LogP contribution is 2.39. The lowest BCUT2D eigenvalue weighted by Crippen LogP contribution is -2.20. The molecule has 0 amide bonds. The van der Waals surface area contributed by atoms with Crippen LogP contribution in [0, 0.1) is 0 Å². The van der Waals surface area contributed by atoms with Crippen molar-refractivity contribution in [3.05, 3.63) is 16.0 Å². The molecule has 1 aliphatic rings. The van der Waals surface area contributed by atoms with Gasteiger partial charge in [-0.1, -0.05) is 0 Å². The molecule has 106 valence electrons. The van der Waals surface area contributed by atoms with E-state index in [1.807, 2.05) is 0 Å². The molecular weight excluding hydrogens is 290 g/mol. The zero-order chi connectivity index (χ0) is 14.0. The predicted octanol–water partition coefficient (Wildman–Crippen LogP) is 1.32. The highest BCUT2D eigenvalue weighted by molar-refractivity contribution is 7.92. The first kappa shape index (κ1) is 14.3. The first-order valence-corrected chi connectivity index (χ1v) is 8.28. The molecule has 0 saturated heterocycles. The third-order valence-electron chi connectivity index (χ3n) is 2.94. The van der Waals surface area contributed by atoms with Crippen LogP contribution < -0.4 is 4.72 Å². The topological polar surface area (TPSA) is 92.7 Å². The Kier molecular flexibility index (Phi) is 4.12. The van der Waals surface area contributed by atoms with E-state index in [-0.39, 0.29) is 22.9 Å². The Hall–Kier alpha value is -1.12. The molecule has 0 atom stereocenters. The maximum absolute atomic E-state index is 11.8. The van der Waals surface area contributed by atoms with Gasteiger partial charge in [0.25, 0.3) is 0 Å². The summed E-state index contributed by atoms with van der Waals surface area (Å²) in [4.78, 5) is 12.3. The van der Waals surface area contributed by atoms with Crippen molar-refractivity contribution in [2.24, 2.45) is 0 Å². The van der Waals surface area contributed by atoms with Gasteiger partial charge in [0.1, 0.15) is 5.00 Å². The summed E-state index contributed by atoms with van der Waals surface area (Å²) in [6.45, 7) is 0.0722. The molecule has 0 bridgehead atoms. The number of anilines is 1. The number of carboxylic acid groups (broad SMARTS) is 1. The maximum atomic E-state index is 11.8. The van der Waals surface area contributed by atoms with E-state index in [0.717, 1.165) is 23.3 Å². The van der Waals surface area contributed by atoms with E-state index in [4.69, 9.17) is 4.74 Å². The van der Waals surface area contributed by atoms with E-state index in [0.29, 0.717) is 6.42 Å². The average molecular weight is 305 g/mol. The van der Waals surface area contributed by atoms with Crippen molar-refractivity contribution < 1.29 is 23.1 Å². The fraction of sp³-hybridized carbons (Fsp3) is 0.545. The number of aryl methyl sites for hydroxylation is 1. The van der Waals surface area contributed by atoms with Crippen molar-refractivity contribution >= 4 is 32.3 Å². The van der Waals surface area contributed by atoms with E-state index in [1.54, 1.807) is 0 Å². The van der Waals surface area contributed by atoms with Crippen molar-refractivity contribution in [2.75, 3.05) is 24.2 Å². The molecule has 19 heavy (non-hydrogen) atoms. The monoisotopic (exact) mass is 305 g/mol. The van der Waals surface area contributed by atoms with E-state index in [9.17, 15) is 18.3 Å². The Bertz CT molecular complexity index is 590. The predicted molar refractivity (Wildman–Crippen MR) is 72.6 cm³/mol. The first-order valence-electron chi connectivity index (χ1n) is 5.82. The fourth-order valence-electron chi connectivity index (χ4n) is 2.09. The van der Waals surface area contributed by atoms with Crippen LogP contribution in [0.15, 0.2) is 0 Å². The second-order valence-electron chi connectivity index (χ2n) is 4.28. The van der Waals surface area contributed by atoms with Gasteiger partial charge < -0.3 is 9.84 Å². The summed E-state index contributed by atoms with van der Waals surface area (Å²) >= 11 is 1.23. The number of carboxylic acids is 1. The Labute approximate surface area is 115 Å². The molecule has 1 heterocycles. The quantitative estimate of drug-likeness (QED) is 0.827. The minimum atomic E-state index is -3.57. The van der Waals surface area contributed by atoms with Crippen LogP contribution in [0.25, 0.3) is 0 Å². The molecule has 6 nitrogen and oxygen atoms in total.